The van der Waals surface area contributed by atoms with Crippen LogP contribution < -0.4 is 0 Å². The predicted molar refractivity (Wildman–Crippen MR) is 44.0 cm³/mol. The summed E-state index contributed by atoms with van der Waals surface area (Å²) in [6, 6.07) is 0. The molecule has 2 aliphatic rings. The van der Waals surface area contributed by atoms with E-state index in [-0.39, 0.29) is 18.3 Å². The normalized spacial score (nSPS) is 39.8. The Morgan fingerprint density at radius 2 is 2.42 bits per heavy atom. The summed E-state index contributed by atoms with van der Waals surface area (Å²) in [4.78, 5) is 0. The smallest absolute Gasteiger partial charge is 0.112 e. The maximum absolute atomic E-state index is 5.50. The molecule has 0 saturated carbocycles. The monoisotopic (exact) mass is 170 g/mol. The van der Waals surface area contributed by atoms with Gasteiger partial charge in [0.25, 0.3) is 0 Å². The first kappa shape index (κ1) is 8.23. The van der Waals surface area contributed by atoms with Gasteiger partial charge in [0.2, 0.25) is 0 Å². The molecule has 2 saturated heterocycles. The SMILES string of the molecule is C=CCOC1COC2CCOC21. The van der Waals surface area contributed by atoms with Crippen molar-refractivity contribution in [2.24, 2.45) is 0 Å². The maximum Gasteiger partial charge on any atom is 0.112 e. The second-order valence-corrected chi connectivity index (χ2v) is 3.16. The Balaban J connectivity index is 1.86. The second kappa shape index (κ2) is 3.56. The van der Waals surface area contributed by atoms with Gasteiger partial charge in [-0.05, 0) is 6.42 Å². The average Bonchev–Trinajstić information content (AvgIpc) is 2.62. The highest BCUT2D eigenvalue weighted by Gasteiger charge is 2.42. The van der Waals surface area contributed by atoms with Crippen molar-refractivity contribution in [1.29, 1.82) is 0 Å². The maximum atomic E-state index is 5.50. The molecule has 0 amide bonds. The lowest BCUT2D eigenvalue weighted by molar-refractivity contribution is -0.0205. The first-order chi connectivity index (χ1) is 5.92. The number of fused-ring (bicyclic) bond motifs is 1. The molecule has 2 heterocycles. The zero-order valence-electron chi connectivity index (χ0n) is 7.07. The van der Waals surface area contributed by atoms with Gasteiger partial charge in [0.1, 0.15) is 12.2 Å². The largest absolute Gasteiger partial charge is 0.373 e. The lowest BCUT2D eigenvalue weighted by Gasteiger charge is -2.15. The molecule has 2 fully saturated rings. The lowest BCUT2D eigenvalue weighted by atomic mass is 10.1. The van der Waals surface area contributed by atoms with Crippen LogP contribution in [-0.4, -0.2) is 38.1 Å². The van der Waals surface area contributed by atoms with Crippen LogP contribution in [0.2, 0.25) is 0 Å². The quantitative estimate of drug-likeness (QED) is 0.585. The third-order valence-corrected chi connectivity index (χ3v) is 2.35. The van der Waals surface area contributed by atoms with Gasteiger partial charge in [-0.25, -0.2) is 0 Å². The Morgan fingerprint density at radius 1 is 1.50 bits per heavy atom. The summed E-state index contributed by atoms with van der Waals surface area (Å²) >= 11 is 0. The van der Waals surface area contributed by atoms with Crippen LogP contribution >= 0.6 is 0 Å². The summed E-state index contributed by atoms with van der Waals surface area (Å²) in [7, 11) is 0. The summed E-state index contributed by atoms with van der Waals surface area (Å²) in [6.45, 7) is 5.66. The minimum Gasteiger partial charge on any atom is -0.373 e. The van der Waals surface area contributed by atoms with Crippen LogP contribution in [0, 0.1) is 0 Å². The average molecular weight is 170 g/mol. The van der Waals surface area contributed by atoms with Crippen molar-refractivity contribution < 1.29 is 14.2 Å². The van der Waals surface area contributed by atoms with E-state index in [0.717, 1.165) is 13.0 Å². The van der Waals surface area contributed by atoms with Crippen molar-refractivity contribution in [2.75, 3.05) is 19.8 Å². The van der Waals surface area contributed by atoms with Gasteiger partial charge in [0, 0.05) is 6.61 Å². The fourth-order valence-corrected chi connectivity index (χ4v) is 1.76. The van der Waals surface area contributed by atoms with E-state index in [2.05, 4.69) is 6.58 Å². The molecule has 3 atom stereocenters. The molecule has 0 N–H and O–H groups in total. The van der Waals surface area contributed by atoms with E-state index >= 15 is 0 Å². The van der Waals surface area contributed by atoms with Crippen molar-refractivity contribution in [3.63, 3.8) is 0 Å². The Hall–Kier alpha value is -0.380. The number of rotatable bonds is 3. The van der Waals surface area contributed by atoms with Crippen LogP contribution in [0.1, 0.15) is 6.42 Å². The Labute approximate surface area is 72.3 Å². The van der Waals surface area contributed by atoms with E-state index in [1.165, 1.54) is 0 Å². The van der Waals surface area contributed by atoms with E-state index in [1.807, 2.05) is 0 Å². The molecular formula is C9H14O3. The molecule has 3 heteroatoms. The molecule has 12 heavy (non-hydrogen) atoms. The fraction of sp³-hybridized carbons (Fsp3) is 0.778. The highest BCUT2D eigenvalue weighted by molar-refractivity contribution is 4.90. The van der Waals surface area contributed by atoms with Crippen molar-refractivity contribution in [3.8, 4) is 0 Å². The van der Waals surface area contributed by atoms with Crippen molar-refractivity contribution in [1.82, 2.24) is 0 Å². The van der Waals surface area contributed by atoms with Crippen molar-refractivity contribution in [3.05, 3.63) is 12.7 Å². The van der Waals surface area contributed by atoms with E-state index < -0.39 is 0 Å². The highest BCUT2D eigenvalue weighted by Crippen LogP contribution is 2.28. The van der Waals surface area contributed by atoms with Gasteiger partial charge in [-0.1, -0.05) is 6.08 Å². The Morgan fingerprint density at radius 3 is 3.25 bits per heavy atom. The zero-order valence-corrected chi connectivity index (χ0v) is 7.07. The third-order valence-electron chi connectivity index (χ3n) is 2.35. The van der Waals surface area contributed by atoms with Gasteiger partial charge < -0.3 is 14.2 Å². The topological polar surface area (TPSA) is 27.7 Å². The molecule has 68 valence electrons. The van der Waals surface area contributed by atoms with Crippen LogP contribution in [0.5, 0.6) is 0 Å². The molecule has 0 radical (unpaired) electrons. The molecule has 2 aliphatic heterocycles. The summed E-state index contributed by atoms with van der Waals surface area (Å²) in [6.07, 6.45) is 3.33. The van der Waals surface area contributed by atoms with Gasteiger partial charge in [0.05, 0.1) is 19.3 Å². The molecule has 0 spiro atoms. The Bertz CT molecular complexity index is 169. The van der Waals surface area contributed by atoms with Crippen LogP contribution in [-0.2, 0) is 14.2 Å². The molecule has 0 aliphatic carbocycles. The zero-order chi connectivity index (χ0) is 8.39. The molecule has 0 aromatic rings. The van der Waals surface area contributed by atoms with Crippen LogP contribution in [0.3, 0.4) is 0 Å². The lowest BCUT2D eigenvalue weighted by Crippen LogP contribution is -2.29. The van der Waals surface area contributed by atoms with Gasteiger partial charge in [-0.15, -0.1) is 6.58 Å². The van der Waals surface area contributed by atoms with E-state index in [4.69, 9.17) is 14.2 Å². The molecular weight excluding hydrogens is 156 g/mol. The minimum absolute atomic E-state index is 0.121. The van der Waals surface area contributed by atoms with E-state index in [1.54, 1.807) is 6.08 Å². The summed E-state index contributed by atoms with van der Waals surface area (Å²) in [5, 5.41) is 0. The first-order valence-electron chi connectivity index (χ1n) is 4.37. The van der Waals surface area contributed by atoms with E-state index in [9.17, 15) is 0 Å². The van der Waals surface area contributed by atoms with Gasteiger partial charge in [-0.3, -0.25) is 0 Å². The summed E-state index contributed by atoms with van der Waals surface area (Å²) in [5.74, 6) is 0. The molecule has 0 aromatic carbocycles. The second-order valence-electron chi connectivity index (χ2n) is 3.16. The van der Waals surface area contributed by atoms with Crippen molar-refractivity contribution in [2.45, 2.75) is 24.7 Å². The minimum atomic E-state index is 0.121. The molecule has 0 aromatic heterocycles. The number of hydrogen-bond donors (Lipinski definition) is 0. The first-order valence-corrected chi connectivity index (χ1v) is 4.37. The van der Waals surface area contributed by atoms with Gasteiger partial charge >= 0.3 is 0 Å². The van der Waals surface area contributed by atoms with E-state index in [0.29, 0.717) is 13.2 Å². The molecule has 3 unspecified atom stereocenters. The number of ether oxygens (including phenoxy) is 3. The number of hydrogen-bond acceptors (Lipinski definition) is 3. The van der Waals surface area contributed by atoms with Crippen LogP contribution in [0.4, 0.5) is 0 Å². The van der Waals surface area contributed by atoms with Gasteiger partial charge in [-0.2, -0.15) is 0 Å². The molecule has 0 bridgehead atoms. The molecule has 3 nitrogen and oxygen atoms in total. The Kier molecular flexibility index (Phi) is 2.44. The standard InChI is InChI=1S/C9H14O3/c1-2-4-10-8-6-12-7-3-5-11-9(7)8/h2,7-9H,1,3-6H2. The van der Waals surface area contributed by atoms with Gasteiger partial charge in [0.15, 0.2) is 0 Å². The fourth-order valence-electron chi connectivity index (χ4n) is 1.76. The predicted octanol–water partition coefficient (Wildman–Crippen LogP) is 0.745. The van der Waals surface area contributed by atoms with Crippen molar-refractivity contribution >= 4 is 0 Å². The summed E-state index contributed by atoms with van der Waals surface area (Å²) < 4.78 is 16.5. The van der Waals surface area contributed by atoms with Crippen LogP contribution in [0.15, 0.2) is 12.7 Å². The highest BCUT2D eigenvalue weighted by atomic mass is 16.6. The molecule has 2 rings (SSSR count). The third kappa shape index (κ3) is 1.40. The van der Waals surface area contributed by atoms with Crippen LogP contribution in [0.25, 0.3) is 0 Å². The summed E-state index contributed by atoms with van der Waals surface area (Å²) in [5.41, 5.74) is 0.